The van der Waals surface area contributed by atoms with E-state index in [0.29, 0.717) is 0 Å². The average Bonchev–Trinajstić information content (AvgIpc) is 4.24. The Morgan fingerprint density at radius 2 is 0.532 bits per heavy atom. The summed E-state index contributed by atoms with van der Waals surface area (Å²) >= 11 is 0. The molecule has 17 rings (SSSR count). The Hall–Kier alpha value is -10.6. The zero-order chi connectivity index (χ0) is 51.7. The number of hydrogen-bond donors (Lipinski definition) is 0. The first kappa shape index (κ1) is 43.6. The van der Waals surface area contributed by atoms with Gasteiger partial charge < -0.3 is 22.8 Å². The van der Waals surface area contributed by atoms with Crippen LogP contribution >= 0.6 is 0 Å². The minimum Gasteiger partial charge on any atom is -0.309 e. The molecule has 13 aromatic carbocycles. The van der Waals surface area contributed by atoms with Crippen molar-refractivity contribution >= 4 is 120 Å². The summed E-state index contributed by atoms with van der Waals surface area (Å²) in [6.45, 7) is 0. The second kappa shape index (κ2) is 16.9. The summed E-state index contributed by atoms with van der Waals surface area (Å²) in [6.07, 6.45) is 0. The third-order valence-electron chi connectivity index (χ3n) is 16.6. The molecule has 368 valence electrons. The van der Waals surface area contributed by atoms with Crippen LogP contribution in [0.4, 0.5) is 0 Å². The number of nitrogens with zero attached hydrogens (tertiary/aromatic N) is 5. The van der Waals surface area contributed by atoms with Crippen molar-refractivity contribution in [2.45, 2.75) is 0 Å². The van der Waals surface area contributed by atoms with Crippen LogP contribution in [0.25, 0.3) is 148 Å². The SMILES string of the molecule is c1ccc(-n2c3ccc4cc3c3cc(ccc32)n(-c2cccc3c5ccccc5n(-c5cccc6ccccc56)c23)c2cccc(c2)c2cccc(c2)n4-c2cccc3c4ccccc4n(-c4cccc5ccccc45)c23)cc1. The van der Waals surface area contributed by atoms with Gasteiger partial charge in [-0.2, -0.15) is 0 Å². The van der Waals surface area contributed by atoms with Gasteiger partial charge in [0.05, 0.1) is 55.8 Å². The first-order chi connectivity index (χ1) is 39.2. The van der Waals surface area contributed by atoms with Gasteiger partial charge in [0.15, 0.2) is 0 Å². The van der Waals surface area contributed by atoms with E-state index < -0.39 is 0 Å². The molecule has 0 N–H and O–H groups in total. The van der Waals surface area contributed by atoms with Crippen LogP contribution in [0.3, 0.4) is 0 Å². The highest BCUT2D eigenvalue weighted by Gasteiger charge is 2.22. The summed E-state index contributed by atoms with van der Waals surface area (Å²) in [5, 5.41) is 14.2. The molecule has 0 aliphatic heterocycles. The zero-order valence-electron chi connectivity index (χ0n) is 42.9. The summed E-state index contributed by atoms with van der Waals surface area (Å²) in [5.74, 6) is 0. The van der Waals surface area contributed by atoms with E-state index in [4.69, 9.17) is 0 Å². The van der Waals surface area contributed by atoms with E-state index in [2.05, 4.69) is 308 Å². The van der Waals surface area contributed by atoms with Gasteiger partial charge in [0.25, 0.3) is 0 Å². The lowest BCUT2D eigenvalue weighted by atomic mass is 10.1. The summed E-state index contributed by atoms with van der Waals surface area (Å²) in [7, 11) is 0. The molecule has 4 heterocycles. The fourth-order valence-electron chi connectivity index (χ4n) is 13.3. The summed E-state index contributed by atoms with van der Waals surface area (Å²) in [6, 6.07) is 106. The second-order valence-electron chi connectivity index (χ2n) is 20.9. The van der Waals surface area contributed by atoms with Crippen LogP contribution in [0.2, 0.25) is 0 Å². The Morgan fingerprint density at radius 1 is 0.177 bits per heavy atom. The molecule has 0 spiro atoms. The van der Waals surface area contributed by atoms with Gasteiger partial charge >= 0.3 is 0 Å². The Balaban J connectivity index is 1.05. The van der Waals surface area contributed by atoms with Gasteiger partial charge in [0.2, 0.25) is 0 Å². The molecular formula is C74H47N5. The van der Waals surface area contributed by atoms with Crippen molar-refractivity contribution in [2.24, 2.45) is 0 Å². The largest absolute Gasteiger partial charge is 0.309 e. The quantitative estimate of drug-likeness (QED) is 0.164. The predicted octanol–water partition coefficient (Wildman–Crippen LogP) is 19.4. The van der Waals surface area contributed by atoms with Crippen molar-refractivity contribution in [2.75, 3.05) is 0 Å². The maximum atomic E-state index is 2.50. The number of aromatic nitrogens is 5. The van der Waals surface area contributed by atoms with Gasteiger partial charge in [-0.15, -0.1) is 0 Å². The topological polar surface area (TPSA) is 24.6 Å². The Bertz CT molecular complexity index is 5120. The first-order valence-electron chi connectivity index (χ1n) is 27.2. The predicted molar refractivity (Wildman–Crippen MR) is 333 cm³/mol. The van der Waals surface area contributed by atoms with Crippen molar-refractivity contribution in [3.05, 3.63) is 285 Å². The molecule has 0 amide bonds. The molecule has 0 radical (unpaired) electrons. The number of hydrogen-bond acceptors (Lipinski definition) is 0. The lowest BCUT2D eigenvalue weighted by Crippen LogP contribution is -2.03. The molecule has 0 atom stereocenters. The molecule has 0 fully saturated rings. The number of para-hydroxylation sites is 5. The molecule has 0 aliphatic rings. The third-order valence-corrected chi connectivity index (χ3v) is 16.6. The van der Waals surface area contributed by atoms with Crippen LogP contribution in [0.1, 0.15) is 0 Å². The Morgan fingerprint density at radius 3 is 1.04 bits per heavy atom. The fraction of sp³-hybridized carbons (Fsp3) is 0. The molecule has 5 heteroatoms. The molecular weight excluding hydrogens is 959 g/mol. The van der Waals surface area contributed by atoms with Crippen molar-refractivity contribution in [1.82, 2.24) is 22.8 Å². The monoisotopic (exact) mass is 1010 g/mol. The van der Waals surface area contributed by atoms with E-state index >= 15 is 0 Å². The van der Waals surface area contributed by atoms with Crippen LogP contribution < -0.4 is 0 Å². The van der Waals surface area contributed by atoms with Crippen molar-refractivity contribution in [1.29, 1.82) is 0 Å². The molecule has 8 bridgehead atoms. The minimum atomic E-state index is 1.07. The molecule has 5 nitrogen and oxygen atoms in total. The highest BCUT2D eigenvalue weighted by Crippen LogP contribution is 2.43. The normalized spacial score (nSPS) is 12.1. The van der Waals surface area contributed by atoms with E-state index in [0.717, 1.165) is 94.1 Å². The summed E-state index contributed by atoms with van der Waals surface area (Å²) in [5.41, 5.74) is 16.8. The van der Waals surface area contributed by atoms with Crippen LogP contribution in [-0.2, 0) is 0 Å². The number of benzene rings is 13. The van der Waals surface area contributed by atoms with Gasteiger partial charge in [-0.05, 0) is 131 Å². The van der Waals surface area contributed by atoms with Crippen LogP contribution in [0.15, 0.2) is 285 Å². The lowest BCUT2D eigenvalue weighted by molar-refractivity contribution is 1.13. The van der Waals surface area contributed by atoms with Gasteiger partial charge in [0, 0.05) is 70.8 Å². The van der Waals surface area contributed by atoms with E-state index in [1.165, 1.54) is 54.1 Å². The van der Waals surface area contributed by atoms with Gasteiger partial charge in [-0.25, -0.2) is 0 Å². The van der Waals surface area contributed by atoms with E-state index in [9.17, 15) is 0 Å². The lowest BCUT2D eigenvalue weighted by Gasteiger charge is -2.18. The zero-order valence-corrected chi connectivity index (χ0v) is 42.9. The molecule has 0 saturated carbocycles. The maximum Gasteiger partial charge on any atom is 0.0782 e. The van der Waals surface area contributed by atoms with Gasteiger partial charge in [-0.3, -0.25) is 0 Å². The summed E-state index contributed by atoms with van der Waals surface area (Å²) in [4.78, 5) is 0. The van der Waals surface area contributed by atoms with E-state index in [1.807, 2.05) is 0 Å². The van der Waals surface area contributed by atoms with Crippen LogP contribution in [0.5, 0.6) is 0 Å². The van der Waals surface area contributed by atoms with Crippen LogP contribution in [0, 0.1) is 0 Å². The molecule has 0 unspecified atom stereocenters. The van der Waals surface area contributed by atoms with E-state index in [-0.39, 0.29) is 0 Å². The maximum absolute atomic E-state index is 2.50. The smallest absolute Gasteiger partial charge is 0.0782 e. The number of fused-ring (bicyclic) bond motifs is 15. The molecule has 0 aliphatic carbocycles. The number of rotatable bonds is 5. The molecule has 0 saturated heterocycles. The highest BCUT2D eigenvalue weighted by molar-refractivity contribution is 6.16. The van der Waals surface area contributed by atoms with Gasteiger partial charge in [0.1, 0.15) is 0 Å². The fourth-order valence-corrected chi connectivity index (χ4v) is 13.3. The first-order valence-corrected chi connectivity index (χ1v) is 27.2. The Kier molecular flexibility index (Phi) is 9.35. The van der Waals surface area contributed by atoms with Crippen LogP contribution in [-0.4, -0.2) is 22.8 Å². The second-order valence-corrected chi connectivity index (χ2v) is 20.9. The molecule has 4 aromatic heterocycles. The molecule has 79 heavy (non-hydrogen) atoms. The average molecular weight is 1010 g/mol. The summed E-state index contributed by atoms with van der Waals surface area (Å²) < 4.78 is 12.4. The van der Waals surface area contributed by atoms with Crippen molar-refractivity contribution < 1.29 is 0 Å². The van der Waals surface area contributed by atoms with Gasteiger partial charge in [-0.1, -0.05) is 176 Å². The minimum absolute atomic E-state index is 1.07. The Labute approximate surface area is 453 Å². The highest BCUT2D eigenvalue weighted by atomic mass is 15.1. The van der Waals surface area contributed by atoms with Crippen molar-refractivity contribution in [3.63, 3.8) is 0 Å². The van der Waals surface area contributed by atoms with Crippen molar-refractivity contribution in [3.8, 4) is 28.4 Å². The third kappa shape index (κ3) is 6.45. The van der Waals surface area contributed by atoms with E-state index in [1.54, 1.807) is 0 Å². The molecule has 17 aromatic rings. The standard InChI is InChI=1S/C74H47N5/c1-2-24-52(25-3-1)77-69-42-40-55-46-63(69)64-47-56(41-43-70(64)77)76(72-39-17-33-62-60-31-9-11-35-68(60)79(74(62)72)66-37-15-21-49-19-5-7-29-58(49)66)54-27-13-23-51(45-54)50-22-12-26-53(44-50)75(55)71-38-16-32-61-59-30-8-10-34-67(59)78(73(61)71)65-36-14-20-48-18-4-6-28-57(48)65/h1-47H.